The molecule has 104 valence electrons. The van der Waals surface area contributed by atoms with Gasteiger partial charge in [-0.25, -0.2) is 0 Å². The Labute approximate surface area is 113 Å². The van der Waals surface area contributed by atoms with Gasteiger partial charge < -0.3 is 15.1 Å². The zero-order valence-corrected chi connectivity index (χ0v) is 11.6. The van der Waals surface area contributed by atoms with Crippen LogP contribution in [0.15, 0.2) is 41.0 Å². The minimum absolute atomic E-state index is 0.111. The molecule has 0 saturated heterocycles. The standard InChI is InChI=1S/C13H20N4O2/c1-16(2)8-4-7-14-13(18)11-5-6-12(9-15-19)17(3)10-11/h5-6,9-10H,4,7-8H2,1-3H3,(H,14,18)/b12-9+. The van der Waals surface area contributed by atoms with Gasteiger partial charge in [0.15, 0.2) is 0 Å². The van der Waals surface area contributed by atoms with Gasteiger partial charge in [-0.3, -0.25) is 4.79 Å². The minimum Gasteiger partial charge on any atom is -0.352 e. The smallest absolute Gasteiger partial charge is 0.252 e. The van der Waals surface area contributed by atoms with Crippen molar-refractivity contribution in [1.29, 1.82) is 0 Å². The van der Waals surface area contributed by atoms with Crippen LogP contribution in [-0.4, -0.2) is 49.9 Å². The van der Waals surface area contributed by atoms with Gasteiger partial charge in [0.1, 0.15) is 0 Å². The Balaban J connectivity index is 2.47. The molecule has 0 atom stereocenters. The van der Waals surface area contributed by atoms with Crippen molar-refractivity contribution in [2.45, 2.75) is 6.42 Å². The summed E-state index contributed by atoms with van der Waals surface area (Å²) in [6.07, 6.45) is 7.16. The predicted molar refractivity (Wildman–Crippen MR) is 75.0 cm³/mol. The second-order valence-electron chi connectivity index (χ2n) is 4.60. The van der Waals surface area contributed by atoms with E-state index in [1.165, 1.54) is 6.20 Å². The van der Waals surface area contributed by atoms with Crippen LogP contribution in [-0.2, 0) is 4.79 Å². The van der Waals surface area contributed by atoms with Crippen molar-refractivity contribution in [2.24, 2.45) is 5.18 Å². The zero-order valence-electron chi connectivity index (χ0n) is 11.6. The molecule has 1 aliphatic rings. The summed E-state index contributed by atoms with van der Waals surface area (Å²) in [5, 5.41) is 5.58. The van der Waals surface area contributed by atoms with E-state index in [1.807, 2.05) is 14.1 Å². The summed E-state index contributed by atoms with van der Waals surface area (Å²) in [6, 6.07) is 0. The minimum atomic E-state index is -0.111. The highest BCUT2D eigenvalue weighted by Crippen LogP contribution is 2.15. The van der Waals surface area contributed by atoms with Crippen molar-refractivity contribution in [1.82, 2.24) is 15.1 Å². The van der Waals surface area contributed by atoms with Crippen LogP contribution in [0.5, 0.6) is 0 Å². The number of hydrogen-bond acceptors (Lipinski definition) is 5. The van der Waals surface area contributed by atoms with Gasteiger partial charge in [0.25, 0.3) is 5.91 Å². The lowest BCUT2D eigenvalue weighted by Crippen LogP contribution is -2.29. The lowest BCUT2D eigenvalue weighted by atomic mass is 10.1. The van der Waals surface area contributed by atoms with Gasteiger partial charge in [-0.05, 0) is 44.4 Å². The Hall–Kier alpha value is -1.95. The highest BCUT2D eigenvalue weighted by Gasteiger charge is 2.12. The van der Waals surface area contributed by atoms with E-state index in [9.17, 15) is 9.70 Å². The molecular weight excluding hydrogens is 244 g/mol. The summed E-state index contributed by atoms with van der Waals surface area (Å²) in [5.41, 5.74) is 1.22. The first-order valence-corrected chi connectivity index (χ1v) is 6.13. The summed E-state index contributed by atoms with van der Waals surface area (Å²) in [6.45, 7) is 1.58. The maximum Gasteiger partial charge on any atom is 0.252 e. The van der Waals surface area contributed by atoms with Crippen LogP contribution in [0.25, 0.3) is 0 Å². The number of rotatable bonds is 6. The van der Waals surface area contributed by atoms with E-state index in [0.29, 0.717) is 17.8 Å². The molecule has 1 amide bonds. The fourth-order valence-corrected chi connectivity index (χ4v) is 1.64. The molecule has 1 rings (SSSR count). The normalized spacial score (nSPS) is 16.7. The largest absolute Gasteiger partial charge is 0.352 e. The van der Waals surface area contributed by atoms with Crippen LogP contribution in [0.3, 0.4) is 0 Å². The van der Waals surface area contributed by atoms with Crippen LogP contribution in [0.2, 0.25) is 0 Å². The molecule has 0 saturated carbocycles. The molecule has 0 aromatic rings. The van der Waals surface area contributed by atoms with Gasteiger partial charge >= 0.3 is 0 Å². The summed E-state index contributed by atoms with van der Waals surface area (Å²) < 4.78 is 0. The van der Waals surface area contributed by atoms with E-state index < -0.39 is 0 Å². The number of carbonyl (C=O) groups excluding carboxylic acids is 1. The van der Waals surface area contributed by atoms with Crippen LogP contribution in [0.4, 0.5) is 0 Å². The SMILES string of the molecule is CN(C)CCCNC(=O)C1=CN(C)/C(=C/N=O)C=C1. The lowest BCUT2D eigenvalue weighted by molar-refractivity contribution is -0.117. The molecule has 0 bridgehead atoms. The molecule has 0 aliphatic carbocycles. The average molecular weight is 264 g/mol. The van der Waals surface area contributed by atoms with Gasteiger partial charge in [-0.2, -0.15) is 0 Å². The first-order chi connectivity index (χ1) is 9.04. The molecule has 0 aromatic heterocycles. The molecule has 1 N–H and O–H groups in total. The van der Waals surface area contributed by atoms with E-state index in [4.69, 9.17) is 0 Å². The van der Waals surface area contributed by atoms with Crippen molar-refractivity contribution >= 4 is 5.91 Å². The molecular formula is C13H20N4O2. The highest BCUT2D eigenvalue weighted by molar-refractivity contribution is 5.96. The van der Waals surface area contributed by atoms with Crippen molar-refractivity contribution in [2.75, 3.05) is 34.2 Å². The number of likely N-dealkylation sites (N-methyl/N-ethyl adjacent to an activating group) is 1. The van der Waals surface area contributed by atoms with Crippen molar-refractivity contribution in [3.8, 4) is 0 Å². The second-order valence-corrected chi connectivity index (χ2v) is 4.60. The van der Waals surface area contributed by atoms with E-state index >= 15 is 0 Å². The third-order valence-corrected chi connectivity index (χ3v) is 2.69. The molecule has 1 heterocycles. The van der Waals surface area contributed by atoms with Crippen LogP contribution < -0.4 is 5.32 Å². The molecule has 0 radical (unpaired) electrons. The van der Waals surface area contributed by atoms with Crippen molar-refractivity contribution in [3.63, 3.8) is 0 Å². The number of nitroso groups, excluding NO2 is 1. The number of carbonyl (C=O) groups is 1. The molecule has 6 heteroatoms. The topological polar surface area (TPSA) is 65.0 Å². The summed E-state index contributed by atoms with van der Waals surface area (Å²) >= 11 is 0. The third kappa shape index (κ3) is 5.05. The van der Waals surface area contributed by atoms with E-state index in [1.54, 1.807) is 30.3 Å². The molecule has 0 aromatic carbocycles. The Kier molecular flexibility index (Phi) is 5.95. The molecule has 6 nitrogen and oxygen atoms in total. The summed E-state index contributed by atoms with van der Waals surface area (Å²) in [7, 11) is 5.76. The monoisotopic (exact) mass is 264 g/mol. The number of nitrogens with one attached hydrogen (secondary N) is 1. The summed E-state index contributed by atoms with van der Waals surface area (Å²) in [5.74, 6) is -0.111. The van der Waals surface area contributed by atoms with Gasteiger partial charge in [0.05, 0.1) is 17.5 Å². The number of amides is 1. The third-order valence-electron chi connectivity index (χ3n) is 2.69. The zero-order chi connectivity index (χ0) is 14.3. The fraction of sp³-hybridized carbons (Fsp3) is 0.462. The van der Waals surface area contributed by atoms with Crippen molar-refractivity contribution in [3.05, 3.63) is 40.7 Å². The van der Waals surface area contributed by atoms with Gasteiger partial charge in [-0.15, -0.1) is 4.91 Å². The first kappa shape index (κ1) is 15.1. The molecule has 0 fully saturated rings. The van der Waals surface area contributed by atoms with E-state index in [-0.39, 0.29) is 5.91 Å². The van der Waals surface area contributed by atoms with Gasteiger partial charge in [0.2, 0.25) is 0 Å². The van der Waals surface area contributed by atoms with E-state index in [0.717, 1.165) is 13.0 Å². The average Bonchev–Trinajstić information content (AvgIpc) is 2.36. The van der Waals surface area contributed by atoms with Crippen LogP contribution in [0, 0.1) is 4.91 Å². The Morgan fingerprint density at radius 1 is 1.47 bits per heavy atom. The number of allylic oxidation sites excluding steroid dienone is 1. The Bertz CT molecular complexity index is 424. The van der Waals surface area contributed by atoms with Crippen LogP contribution in [0.1, 0.15) is 6.42 Å². The predicted octanol–water partition coefficient (Wildman–Crippen LogP) is 1.05. The number of hydrogen-bond donors (Lipinski definition) is 1. The van der Waals surface area contributed by atoms with Gasteiger partial charge in [0, 0.05) is 19.8 Å². The maximum atomic E-state index is 11.9. The molecule has 0 unspecified atom stereocenters. The first-order valence-electron chi connectivity index (χ1n) is 6.13. The van der Waals surface area contributed by atoms with E-state index in [2.05, 4.69) is 15.4 Å². The summed E-state index contributed by atoms with van der Waals surface area (Å²) in [4.78, 5) is 25.8. The lowest BCUT2D eigenvalue weighted by Gasteiger charge is -2.20. The van der Waals surface area contributed by atoms with Crippen molar-refractivity contribution < 1.29 is 4.79 Å². The Morgan fingerprint density at radius 2 is 2.21 bits per heavy atom. The second kappa shape index (κ2) is 7.48. The quantitative estimate of drug-likeness (QED) is 0.575. The fourth-order valence-electron chi connectivity index (χ4n) is 1.64. The molecule has 1 aliphatic heterocycles. The number of nitrogens with zero attached hydrogens (tertiary/aromatic N) is 3. The highest BCUT2D eigenvalue weighted by atomic mass is 16.2. The van der Waals surface area contributed by atoms with Gasteiger partial charge in [-0.1, -0.05) is 0 Å². The molecule has 19 heavy (non-hydrogen) atoms. The Morgan fingerprint density at radius 3 is 2.79 bits per heavy atom. The van der Waals surface area contributed by atoms with Crippen LogP contribution >= 0.6 is 0 Å². The maximum absolute atomic E-state index is 11.9. The molecule has 0 spiro atoms.